The van der Waals surface area contributed by atoms with E-state index in [1.165, 1.54) is 17.3 Å². The van der Waals surface area contributed by atoms with Crippen molar-refractivity contribution in [3.05, 3.63) is 65.5 Å². The van der Waals surface area contributed by atoms with Crippen LogP contribution in [0.3, 0.4) is 0 Å². The highest BCUT2D eigenvalue weighted by atomic mass is 32.2. The molecule has 0 aliphatic carbocycles. The summed E-state index contributed by atoms with van der Waals surface area (Å²) in [6, 6.07) is 15.5. The Morgan fingerprint density at radius 1 is 1.13 bits per heavy atom. The molecule has 0 bridgehead atoms. The van der Waals surface area contributed by atoms with Crippen molar-refractivity contribution in [3.63, 3.8) is 0 Å². The maximum Gasteiger partial charge on any atom is 0.240 e. The summed E-state index contributed by atoms with van der Waals surface area (Å²) in [5.41, 5.74) is 6.51. The van der Waals surface area contributed by atoms with Crippen molar-refractivity contribution in [2.24, 2.45) is 0 Å². The first-order chi connectivity index (χ1) is 15.1. The molecule has 4 rings (SSSR count). The number of aryl methyl sites for hydroxylation is 2. The van der Waals surface area contributed by atoms with Crippen molar-refractivity contribution >= 4 is 23.4 Å². The SMILES string of the molecule is CCCc1nnc2n1N[C@H](c1ccc(OC)cc1)[C@@H](C(=O)Nc1ccc(CC)cc1)S2. The van der Waals surface area contributed by atoms with E-state index in [2.05, 4.69) is 34.8 Å². The van der Waals surface area contributed by atoms with Crippen molar-refractivity contribution in [3.8, 4) is 5.75 Å². The van der Waals surface area contributed by atoms with Crippen molar-refractivity contribution in [1.29, 1.82) is 0 Å². The number of anilines is 1. The maximum absolute atomic E-state index is 13.3. The number of rotatable bonds is 7. The number of benzene rings is 2. The molecule has 0 unspecified atom stereocenters. The molecule has 1 aromatic heterocycles. The lowest BCUT2D eigenvalue weighted by Crippen LogP contribution is -2.41. The first kappa shape index (κ1) is 21.2. The molecular formula is C23H27N5O2S. The zero-order chi connectivity index (χ0) is 21.8. The first-order valence-corrected chi connectivity index (χ1v) is 11.4. The van der Waals surface area contributed by atoms with Crippen LogP contribution < -0.4 is 15.5 Å². The minimum Gasteiger partial charge on any atom is -0.497 e. The summed E-state index contributed by atoms with van der Waals surface area (Å²) in [7, 11) is 1.64. The van der Waals surface area contributed by atoms with Crippen LogP contribution in [0.4, 0.5) is 5.69 Å². The minimum atomic E-state index is -0.412. The highest BCUT2D eigenvalue weighted by Crippen LogP contribution is 2.38. The van der Waals surface area contributed by atoms with E-state index in [4.69, 9.17) is 4.74 Å². The standard InChI is InChI=1S/C23H27N5O2S/c1-4-6-19-25-26-23-28(19)27-20(16-9-13-18(30-3)14-10-16)21(31-23)22(29)24-17-11-7-15(5-2)8-12-17/h7-14,20-21,27H,4-6H2,1-3H3,(H,24,29)/t20-,21+/m1/s1. The van der Waals surface area contributed by atoms with Crippen LogP contribution in [0.15, 0.2) is 53.7 Å². The number of carbonyl (C=O) groups is 1. The second kappa shape index (κ2) is 9.43. The Kier molecular flexibility index (Phi) is 6.46. The van der Waals surface area contributed by atoms with E-state index in [0.29, 0.717) is 5.16 Å². The van der Waals surface area contributed by atoms with Crippen LogP contribution >= 0.6 is 11.8 Å². The molecule has 1 aliphatic rings. The third-order valence-corrected chi connectivity index (χ3v) is 6.56. The summed E-state index contributed by atoms with van der Waals surface area (Å²) in [5, 5.41) is 12.0. The molecule has 0 saturated carbocycles. The van der Waals surface area contributed by atoms with Crippen molar-refractivity contribution in [2.45, 2.75) is 49.6 Å². The van der Waals surface area contributed by atoms with Crippen LogP contribution in [0.1, 0.15) is 43.3 Å². The summed E-state index contributed by atoms with van der Waals surface area (Å²) in [6.45, 7) is 4.22. The van der Waals surface area contributed by atoms with E-state index in [1.54, 1.807) is 7.11 Å². The smallest absolute Gasteiger partial charge is 0.240 e. The van der Waals surface area contributed by atoms with Gasteiger partial charge >= 0.3 is 0 Å². The maximum atomic E-state index is 13.3. The number of aromatic nitrogens is 3. The van der Waals surface area contributed by atoms with Gasteiger partial charge in [-0.15, -0.1) is 10.2 Å². The molecule has 162 valence electrons. The van der Waals surface area contributed by atoms with Crippen molar-refractivity contribution in [1.82, 2.24) is 14.9 Å². The predicted octanol–water partition coefficient (Wildman–Crippen LogP) is 4.20. The van der Waals surface area contributed by atoms with Crippen LogP contribution in [0.2, 0.25) is 0 Å². The average molecular weight is 438 g/mol. The van der Waals surface area contributed by atoms with Gasteiger partial charge in [-0.3, -0.25) is 4.79 Å². The van der Waals surface area contributed by atoms with Gasteiger partial charge in [0.25, 0.3) is 0 Å². The molecular weight excluding hydrogens is 410 g/mol. The van der Waals surface area contributed by atoms with Gasteiger partial charge in [-0.1, -0.05) is 49.9 Å². The number of hydrogen-bond acceptors (Lipinski definition) is 6. The lowest BCUT2D eigenvalue weighted by atomic mass is 10.0. The molecule has 0 saturated heterocycles. The third-order valence-electron chi connectivity index (χ3n) is 5.34. The quantitative estimate of drug-likeness (QED) is 0.577. The van der Waals surface area contributed by atoms with Crippen molar-refractivity contribution in [2.75, 3.05) is 17.9 Å². The molecule has 2 N–H and O–H groups in total. The van der Waals surface area contributed by atoms with Gasteiger partial charge in [0.2, 0.25) is 11.1 Å². The second-order valence-corrected chi connectivity index (χ2v) is 8.55. The zero-order valence-electron chi connectivity index (χ0n) is 18.0. The Morgan fingerprint density at radius 2 is 1.87 bits per heavy atom. The number of hydrogen-bond donors (Lipinski definition) is 2. The van der Waals surface area contributed by atoms with E-state index in [-0.39, 0.29) is 11.9 Å². The lowest BCUT2D eigenvalue weighted by Gasteiger charge is -2.33. The summed E-state index contributed by atoms with van der Waals surface area (Å²) < 4.78 is 7.21. The fraction of sp³-hybridized carbons (Fsp3) is 0.348. The molecule has 0 fully saturated rings. The Balaban J connectivity index is 1.63. The van der Waals surface area contributed by atoms with Crippen LogP contribution in [0, 0.1) is 0 Å². The molecule has 0 radical (unpaired) electrons. The second-order valence-electron chi connectivity index (χ2n) is 7.44. The number of thioether (sulfide) groups is 1. The normalized spacial score (nSPS) is 17.5. The number of nitrogens with one attached hydrogen (secondary N) is 2. The molecule has 1 aliphatic heterocycles. The number of fused-ring (bicyclic) bond motifs is 1. The molecule has 8 heteroatoms. The molecule has 2 atom stereocenters. The molecule has 2 aromatic carbocycles. The Hall–Kier alpha value is -3.00. The average Bonchev–Trinajstić information content (AvgIpc) is 3.21. The summed E-state index contributed by atoms with van der Waals surface area (Å²) in [6.07, 6.45) is 2.75. The highest BCUT2D eigenvalue weighted by Gasteiger charge is 2.37. The van der Waals surface area contributed by atoms with Gasteiger partial charge in [0.1, 0.15) is 11.0 Å². The van der Waals surface area contributed by atoms with E-state index < -0.39 is 5.25 Å². The fourth-order valence-electron chi connectivity index (χ4n) is 3.58. The van der Waals surface area contributed by atoms with Crippen molar-refractivity contribution < 1.29 is 9.53 Å². The monoisotopic (exact) mass is 437 g/mol. The van der Waals surface area contributed by atoms with E-state index in [1.807, 2.05) is 53.2 Å². The number of ether oxygens (including phenoxy) is 1. The largest absolute Gasteiger partial charge is 0.497 e. The number of carbonyl (C=O) groups excluding carboxylic acids is 1. The van der Waals surface area contributed by atoms with Crippen LogP contribution in [0.25, 0.3) is 0 Å². The fourth-order valence-corrected chi connectivity index (χ4v) is 4.68. The number of nitrogens with zero attached hydrogens (tertiary/aromatic N) is 3. The Labute approximate surface area is 186 Å². The van der Waals surface area contributed by atoms with E-state index in [9.17, 15) is 4.79 Å². The minimum absolute atomic E-state index is 0.0751. The molecule has 31 heavy (non-hydrogen) atoms. The number of methoxy groups -OCH3 is 1. The van der Waals surface area contributed by atoms with Crippen LogP contribution in [-0.4, -0.2) is 33.1 Å². The topological polar surface area (TPSA) is 81.1 Å². The number of amides is 1. The van der Waals surface area contributed by atoms with Crippen LogP contribution in [-0.2, 0) is 17.6 Å². The summed E-state index contributed by atoms with van der Waals surface area (Å²) in [4.78, 5) is 13.3. The van der Waals surface area contributed by atoms with Crippen LogP contribution in [0.5, 0.6) is 5.75 Å². The van der Waals surface area contributed by atoms with E-state index in [0.717, 1.165) is 42.1 Å². The van der Waals surface area contributed by atoms with Gasteiger partial charge in [-0.25, -0.2) is 4.68 Å². The molecule has 0 spiro atoms. The Morgan fingerprint density at radius 3 is 2.52 bits per heavy atom. The zero-order valence-corrected chi connectivity index (χ0v) is 18.8. The molecule has 2 heterocycles. The van der Waals surface area contributed by atoms with E-state index >= 15 is 0 Å². The van der Waals surface area contributed by atoms with Gasteiger partial charge in [-0.05, 0) is 48.2 Å². The molecule has 3 aromatic rings. The summed E-state index contributed by atoms with van der Waals surface area (Å²) in [5.74, 6) is 1.58. The van der Waals surface area contributed by atoms with Gasteiger partial charge in [0.05, 0.1) is 13.2 Å². The van der Waals surface area contributed by atoms with Gasteiger partial charge < -0.3 is 15.5 Å². The highest BCUT2D eigenvalue weighted by molar-refractivity contribution is 8.00. The molecule has 7 nitrogen and oxygen atoms in total. The lowest BCUT2D eigenvalue weighted by molar-refractivity contribution is -0.116. The summed E-state index contributed by atoms with van der Waals surface area (Å²) >= 11 is 1.44. The predicted molar refractivity (Wildman–Crippen MR) is 123 cm³/mol. The van der Waals surface area contributed by atoms with Gasteiger partial charge in [0, 0.05) is 12.1 Å². The Bertz CT molecular complexity index is 1030. The van der Waals surface area contributed by atoms with Gasteiger partial charge in [-0.2, -0.15) is 0 Å². The first-order valence-electron chi connectivity index (χ1n) is 10.5. The van der Waals surface area contributed by atoms with Gasteiger partial charge in [0.15, 0.2) is 5.82 Å². The third kappa shape index (κ3) is 4.54. The molecule has 1 amide bonds.